The second kappa shape index (κ2) is 4.24. The minimum atomic E-state index is 1.05. The third kappa shape index (κ3) is 2.04. The Labute approximate surface area is 99.4 Å². The zero-order valence-corrected chi connectivity index (χ0v) is 10.3. The summed E-state index contributed by atoms with van der Waals surface area (Å²) in [5.74, 6) is 0. The molecule has 0 aliphatic rings. The Bertz CT molecular complexity index is 440. The average Bonchev–Trinajstić information content (AvgIpc) is 2.19. The van der Waals surface area contributed by atoms with E-state index in [2.05, 4.69) is 42.9 Å². The first-order chi connectivity index (χ1) is 6.77. The van der Waals surface area contributed by atoms with E-state index in [0.29, 0.717) is 0 Å². The van der Waals surface area contributed by atoms with Crippen LogP contribution in [0.1, 0.15) is 0 Å². The molecule has 0 N–H and O–H groups in total. The van der Waals surface area contributed by atoms with Crippen LogP contribution in [0.3, 0.4) is 0 Å². The van der Waals surface area contributed by atoms with Crippen LogP contribution in [0.2, 0.25) is 0 Å². The molecular weight excluding hydrogens is 306 g/mol. The van der Waals surface area contributed by atoms with Crippen LogP contribution in [0.5, 0.6) is 0 Å². The van der Waals surface area contributed by atoms with Crippen molar-refractivity contribution in [3.63, 3.8) is 0 Å². The molecule has 0 spiro atoms. The quantitative estimate of drug-likeness (QED) is 0.773. The topological polar surface area (TPSA) is 12.9 Å². The van der Waals surface area contributed by atoms with Crippen molar-refractivity contribution < 1.29 is 0 Å². The van der Waals surface area contributed by atoms with Crippen molar-refractivity contribution in [3.8, 4) is 11.1 Å². The van der Waals surface area contributed by atoms with Crippen LogP contribution in [0.25, 0.3) is 11.1 Å². The molecule has 0 aliphatic heterocycles. The van der Waals surface area contributed by atoms with Gasteiger partial charge >= 0.3 is 0 Å². The number of halogens is 2. The molecule has 0 amide bonds. The molecule has 69 valence electrons. The highest BCUT2D eigenvalue weighted by molar-refractivity contribution is 9.11. The van der Waals surface area contributed by atoms with Crippen molar-refractivity contribution in [3.05, 3.63) is 51.7 Å². The molecule has 1 nitrogen and oxygen atoms in total. The Morgan fingerprint density at radius 1 is 1.21 bits per heavy atom. The number of nitrogens with zero attached hydrogens (tertiary/aromatic N) is 1. The summed E-state index contributed by atoms with van der Waals surface area (Å²) < 4.78 is 2.11. The van der Waals surface area contributed by atoms with Gasteiger partial charge in [-0.25, -0.2) is 0 Å². The minimum absolute atomic E-state index is 1.05. The molecule has 2 aromatic rings. The maximum absolute atomic E-state index is 4.04. The van der Waals surface area contributed by atoms with Crippen molar-refractivity contribution in [1.29, 1.82) is 0 Å². The smallest absolute Gasteiger partial charge is 0.0347 e. The summed E-state index contributed by atoms with van der Waals surface area (Å²) in [5, 5.41) is 0. The minimum Gasteiger partial charge on any atom is -0.263 e. The molecule has 1 heterocycles. The summed E-state index contributed by atoms with van der Waals surface area (Å²) in [7, 11) is 0. The van der Waals surface area contributed by atoms with Gasteiger partial charge in [-0.05, 0) is 23.8 Å². The first kappa shape index (κ1) is 9.87. The Balaban J connectivity index is 2.53. The third-order valence-electron chi connectivity index (χ3n) is 1.84. The normalized spacial score (nSPS) is 10.1. The number of hydrogen-bond acceptors (Lipinski definition) is 1. The summed E-state index contributed by atoms with van der Waals surface area (Å²) in [6, 6.07) is 10.9. The van der Waals surface area contributed by atoms with Gasteiger partial charge in [0.25, 0.3) is 0 Å². The van der Waals surface area contributed by atoms with Crippen LogP contribution in [0.15, 0.2) is 45.6 Å². The zero-order chi connectivity index (χ0) is 9.97. The molecule has 0 atom stereocenters. The monoisotopic (exact) mass is 310 g/mol. The van der Waals surface area contributed by atoms with Crippen molar-refractivity contribution in [2.24, 2.45) is 0 Å². The number of aromatic nitrogens is 1. The van der Waals surface area contributed by atoms with E-state index in [1.165, 1.54) is 0 Å². The fraction of sp³-hybridized carbons (Fsp3) is 0. The third-order valence-corrected chi connectivity index (χ3v) is 2.99. The number of hydrogen-bond donors (Lipinski definition) is 0. The van der Waals surface area contributed by atoms with Gasteiger partial charge in [0.05, 0.1) is 0 Å². The molecule has 1 aromatic carbocycles. The standard InChI is InChI=1S/C11H6Br2N/c12-9-3-4-10(11(13)6-9)8-2-1-5-14-7-8/h2-7H. The molecular formula is C11H6Br2N. The lowest BCUT2D eigenvalue weighted by atomic mass is 10.1. The van der Waals surface area contributed by atoms with Crippen LogP contribution in [-0.2, 0) is 0 Å². The van der Waals surface area contributed by atoms with Crippen LogP contribution in [0.4, 0.5) is 0 Å². The van der Waals surface area contributed by atoms with Crippen LogP contribution in [-0.4, -0.2) is 4.98 Å². The van der Waals surface area contributed by atoms with E-state index >= 15 is 0 Å². The fourth-order valence-electron chi connectivity index (χ4n) is 1.20. The molecule has 2 rings (SSSR count). The van der Waals surface area contributed by atoms with Crippen molar-refractivity contribution in [2.75, 3.05) is 0 Å². The van der Waals surface area contributed by atoms with Gasteiger partial charge in [0.15, 0.2) is 0 Å². The van der Waals surface area contributed by atoms with E-state index in [1.54, 1.807) is 6.20 Å². The highest BCUT2D eigenvalue weighted by atomic mass is 79.9. The molecule has 0 unspecified atom stereocenters. The lowest BCUT2D eigenvalue weighted by molar-refractivity contribution is 1.32. The Morgan fingerprint density at radius 3 is 2.71 bits per heavy atom. The molecule has 1 aromatic heterocycles. The number of benzene rings is 1. The molecule has 0 aliphatic carbocycles. The van der Waals surface area contributed by atoms with Gasteiger partial charge in [0.2, 0.25) is 0 Å². The first-order valence-electron chi connectivity index (χ1n) is 4.04. The van der Waals surface area contributed by atoms with Gasteiger partial charge in [-0.1, -0.05) is 37.9 Å². The SMILES string of the molecule is Brc1ccc(-c2c[c]cnc2)c(Br)c1. The first-order valence-corrected chi connectivity index (χ1v) is 5.62. The van der Waals surface area contributed by atoms with E-state index in [1.807, 2.05) is 30.5 Å². The van der Waals surface area contributed by atoms with E-state index in [-0.39, 0.29) is 0 Å². The predicted octanol–water partition coefficient (Wildman–Crippen LogP) is 4.07. The zero-order valence-electron chi connectivity index (χ0n) is 7.17. The van der Waals surface area contributed by atoms with E-state index < -0.39 is 0 Å². The summed E-state index contributed by atoms with van der Waals surface area (Å²) in [6.07, 6.45) is 3.47. The lowest BCUT2D eigenvalue weighted by Crippen LogP contribution is -1.81. The summed E-state index contributed by atoms with van der Waals surface area (Å²) >= 11 is 6.93. The fourth-order valence-corrected chi connectivity index (χ4v) is 2.47. The molecule has 14 heavy (non-hydrogen) atoms. The van der Waals surface area contributed by atoms with Gasteiger partial charge in [-0.2, -0.15) is 0 Å². The van der Waals surface area contributed by atoms with E-state index in [4.69, 9.17) is 0 Å². The van der Waals surface area contributed by atoms with Crippen molar-refractivity contribution in [1.82, 2.24) is 4.98 Å². The molecule has 0 saturated heterocycles. The summed E-state index contributed by atoms with van der Waals surface area (Å²) in [4.78, 5) is 4.04. The Hall–Kier alpha value is -0.670. The van der Waals surface area contributed by atoms with E-state index in [9.17, 15) is 0 Å². The second-order valence-electron chi connectivity index (χ2n) is 2.80. The van der Waals surface area contributed by atoms with Gasteiger partial charge in [0.1, 0.15) is 0 Å². The van der Waals surface area contributed by atoms with Gasteiger partial charge in [-0.3, -0.25) is 4.98 Å². The van der Waals surface area contributed by atoms with Crippen LogP contribution >= 0.6 is 31.9 Å². The average molecular weight is 312 g/mol. The Kier molecular flexibility index (Phi) is 2.99. The summed E-state index contributed by atoms with van der Waals surface area (Å²) in [5.41, 5.74) is 2.18. The lowest BCUT2D eigenvalue weighted by Gasteiger charge is -2.03. The van der Waals surface area contributed by atoms with Crippen molar-refractivity contribution >= 4 is 31.9 Å². The molecule has 0 bridgehead atoms. The highest BCUT2D eigenvalue weighted by Crippen LogP contribution is 2.29. The maximum atomic E-state index is 4.04. The molecule has 0 fully saturated rings. The molecule has 3 heteroatoms. The largest absolute Gasteiger partial charge is 0.263 e. The predicted molar refractivity (Wildman–Crippen MR) is 63.9 cm³/mol. The maximum Gasteiger partial charge on any atom is 0.0347 e. The summed E-state index contributed by atoms with van der Waals surface area (Å²) in [6.45, 7) is 0. The van der Waals surface area contributed by atoms with Crippen molar-refractivity contribution in [2.45, 2.75) is 0 Å². The van der Waals surface area contributed by atoms with Crippen LogP contribution < -0.4 is 0 Å². The van der Waals surface area contributed by atoms with E-state index in [0.717, 1.165) is 20.1 Å². The van der Waals surface area contributed by atoms with Gasteiger partial charge < -0.3 is 0 Å². The van der Waals surface area contributed by atoms with Crippen LogP contribution in [0, 0.1) is 6.07 Å². The van der Waals surface area contributed by atoms with Gasteiger partial charge in [0, 0.05) is 33.0 Å². The molecule has 0 saturated carbocycles. The Morgan fingerprint density at radius 2 is 2.07 bits per heavy atom. The number of pyridine rings is 1. The highest BCUT2D eigenvalue weighted by Gasteiger charge is 2.02. The number of rotatable bonds is 1. The second-order valence-corrected chi connectivity index (χ2v) is 4.57. The molecule has 1 radical (unpaired) electrons. The van der Waals surface area contributed by atoms with Gasteiger partial charge in [-0.15, -0.1) is 0 Å².